The summed E-state index contributed by atoms with van der Waals surface area (Å²) in [7, 11) is 0. The van der Waals surface area contributed by atoms with Crippen LogP contribution in [0.1, 0.15) is 61.0 Å². The summed E-state index contributed by atoms with van der Waals surface area (Å²) in [5.41, 5.74) is 5.60. The fourth-order valence-corrected chi connectivity index (χ4v) is 5.06. The molecule has 3 heteroatoms. The van der Waals surface area contributed by atoms with Gasteiger partial charge in [-0.15, -0.1) is 0 Å². The van der Waals surface area contributed by atoms with E-state index in [1.165, 1.54) is 18.4 Å². The zero-order chi connectivity index (χ0) is 24.0. The first-order chi connectivity index (χ1) is 16.4. The Labute approximate surface area is 205 Å². The van der Waals surface area contributed by atoms with Crippen LogP contribution < -0.4 is 5.32 Å². The van der Waals surface area contributed by atoms with E-state index < -0.39 is 0 Å². The molecule has 0 aliphatic carbocycles. The Bertz CT molecular complexity index is 1070. The quantitative estimate of drug-likeness (QED) is 0.415. The van der Waals surface area contributed by atoms with E-state index in [1.807, 2.05) is 31.2 Å². The Balaban J connectivity index is 1.28. The Kier molecular flexibility index (Phi) is 7.84. The number of nitrogens with zero attached hydrogens (tertiary/aromatic N) is 1. The van der Waals surface area contributed by atoms with Crippen molar-refractivity contribution >= 4 is 5.91 Å². The fraction of sp³-hybridized carbons (Fsp3) is 0.387. The number of nitrogens with one attached hydrogen (secondary N) is 1. The van der Waals surface area contributed by atoms with Gasteiger partial charge in [-0.25, -0.2) is 0 Å². The first kappa shape index (κ1) is 24.2. The molecule has 0 radical (unpaired) electrons. The number of hydrogen-bond acceptors (Lipinski definition) is 2. The van der Waals surface area contributed by atoms with Crippen LogP contribution in [0.5, 0.6) is 0 Å². The molecular formula is C31H38N2O. The van der Waals surface area contributed by atoms with Gasteiger partial charge in [-0.2, -0.15) is 0 Å². The second kappa shape index (κ2) is 11.0. The smallest absolute Gasteiger partial charge is 0.252 e. The molecular weight excluding hydrogens is 416 g/mol. The van der Waals surface area contributed by atoms with Crippen molar-refractivity contribution in [2.24, 2.45) is 0 Å². The first-order valence-electron chi connectivity index (χ1n) is 12.7. The summed E-state index contributed by atoms with van der Waals surface area (Å²) in [6, 6.07) is 27.4. The first-order valence-corrected chi connectivity index (χ1v) is 12.7. The molecule has 0 bridgehead atoms. The maximum absolute atomic E-state index is 13.2. The number of rotatable bonds is 8. The van der Waals surface area contributed by atoms with Gasteiger partial charge in [0, 0.05) is 24.7 Å². The number of hydrogen-bond donors (Lipinski definition) is 1. The van der Waals surface area contributed by atoms with Crippen LogP contribution in [0.2, 0.25) is 0 Å². The van der Waals surface area contributed by atoms with Gasteiger partial charge in [0.05, 0.1) is 0 Å². The molecule has 0 aromatic heterocycles. The van der Waals surface area contributed by atoms with Crippen molar-refractivity contribution < 1.29 is 4.79 Å². The van der Waals surface area contributed by atoms with Gasteiger partial charge in [0.15, 0.2) is 0 Å². The van der Waals surface area contributed by atoms with E-state index >= 15 is 0 Å². The summed E-state index contributed by atoms with van der Waals surface area (Å²) >= 11 is 0. The Morgan fingerprint density at radius 3 is 2.26 bits per heavy atom. The molecule has 0 saturated carbocycles. The van der Waals surface area contributed by atoms with Crippen molar-refractivity contribution in [3.63, 3.8) is 0 Å². The number of likely N-dealkylation sites (tertiary alicyclic amines) is 1. The van der Waals surface area contributed by atoms with Crippen molar-refractivity contribution in [1.29, 1.82) is 0 Å². The highest BCUT2D eigenvalue weighted by molar-refractivity contribution is 6.01. The molecule has 1 saturated heterocycles. The standard InChI is InChI=1S/C31H38N2O/c1-24-15-16-28(25-11-6-4-7-12-25)29(23-24)30(34)32-27-17-21-33(22-18-27)20-10-19-31(2,3)26-13-8-5-9-14-26/h4-9,11-16,23,27H,10,17-22H2,1-3H3,(H,32,34). The van der Waals surface area contributed by atoms with Crippen molar-refractivity contribution in [1.82, 2.24) is 10.2 Å². The maximum Gasteiger partial charge on any atom is 0.252 e. The Hall–Kier alpha value is -2.91. The average molecular weight is 455 g/mol. The Morgan fingerprint density at radius 1 is 0.941 bits per heavy atom. The van der Waals surface area contributed by atoms with Gasteiger partial charge < -0.3 is 10.2 Å². The van der Waals surface area contributed by atoms with Crippen molar-refractivity contribution in [3.05, 3.63) is 95.6 Å². The van der Waals surface area contributed by atoms with Crippen LogP contribution in [0.4, 0.5) is 0 Å². The summed E-state index contributed by atoms with van der Waals surface area (Å²) in [6.45, 7) is 9.97. The van der Waals surface area contributed by atoms with Gasteiger partial charge in [0.1, 0.15) is 0 Å². The van der Waals surface area contributed by atoms with Crippen LogP contribution in [0.25, 0.3) is 11.1 Å². The second-order valence-corrected chi connectivity index (χ2v) is 10.4. The van der Waals surface area contributed by atoms with Gasteiger partial charge in [-0.3, -0.25) is 4.79 Å². The van der Waals surface area contributed by atoms with E-state index in [0.29, 0.717) is 0 Å². The molecule has 4 rings (SSSR count). The summed E-state index contributed by atoms with van der Waals surface area (Å²) in [6.07, 6.45) is 4.41. The predicted octanol–water partition coefficient (Wildman–Crippen LogP) is 6.61. The highest BCUT2D eigenvalue weighted by Gasteiger charge is 2.24. The van der Waals surface area contributed by atoms with Gasteiger partial charge >= 0.3 is 0 Å². The molecule has 1 aliphatic heterocycles. The molecule has 0 unspecified atom stereocenters. The molecule has 1 aliphatic rings. The Morgan fingerprint density at radius 2 is 1.59 bits per heavy atom. The largest absolute Gasteiger partial charge is 0.349 e. The van der Waals surface area contributed by atoms with Crippen molar-refractivity contribution in [3.8, 4) is 11.1 Å². The van der Waals surface area contributed by atoms with Gasteiger partial charge in [-0.1, -0.05) is 92.2 Å². The number of carbonyl (C=O) groups is 1. The molecule has 0 atom stereocenters. The third kappa shape index (κ3) is 6.15. The number of benzene rings is 3. The van der Waals surface area contributed by atoms with Crippen LogP contribution in [-0.4, -0.2) is 36.5 Å². The zero-order valence-electron chi connectivity index (χ0n) is 20.9. The zero-order valence-corrected chi connectivity index (χ0v) is 20.9. The molecule has 3 aromatic carbocycles. The fourth-order valence-electron chi connectivity index (χ4n) is 5.06. The maximum atomic E-state index is 13.2. The average Bonchev–Trinajstić information content (AvgIpc) is 2.86. The number of piperidine rings is 1. The lowest BCUT2D eigenvalue weighted by Crippen LogP contribution is -2.45. The minimum absolute atomic E-state index is 0.0469. The number of amides is 1. The molecule has 3 nitrogen and oxygen atoms in total. The topological polar surface area (TPSA) is 32.3 Å². The summed E-state index contributed by atoms with van der Waals surface area (Å²) in [4.78, 5) is 15.8. The lowest BCUT2D eigenvalue weighted by Gasteiger charge is -2.33. The number of carbonyl (C=O) groups excluding carboxylic acids is 1. The normalized spacial score (nSPS) is 15.3. The summed E-state index contributed by atoms with van der Waals surface area (Å²) < 4.78 is 0. The highest BCUT2D eigenvalue weighted by Crippen LogP contribution is 2.29. The molecule has 178 valence electrons. The van der Waals surface area contributed by atoms with E-state index in [-0.39, 0.29) is 17.4 Å². The third-order valence-corrected chi connectivity index (χ3v) is 7.26. The minimum atomic E-state index is 0.0469. The van der Waals surface area contributed by atoms with Crippen LogP contribution in [0.15, 0.2) is 78.9 Å². The summed E-state index contributed by atoms with van der Waals surface area (Å²) in [5.74, 6) is 0.0469. The van der Waals surface area contributed by atoms with E-state index in [1.54, 1.807) is 0 Å². The van der Waals surface area contributed by atoms with Crippen LogP contribution in [-0.2, 0) is 5.41 Å². The number of aryl methyl sites for hydroxylation is 1. The molecule has 1 N–H and O–H groups in total. The summed E-state index contributed by atoms with van der Waals surface area (Å²) in [5, 5.41) is 3.33. The predicted molar refractivity (Wildman–Crippen MR) is 142 cm³/mol. The van der Waals surface area contributed by atoms with Gasteiger partial charge in [0.2, 0.25) is 0 Å². The molecule has 1 amide bonds. The minimum Gasteiger partial charge on any atom is -0.349 e. The van der Waals surface area contributed by atoms with Crippen LogP contribution in [0.3, 0.4) is 0 Å². The van der Waals surface area contributed by atoms with Gasteiger partial charge in [-0.05, 0) is 67.3 Å². The SMILES string of the molecule is Cc1ccc(-c2ccccc2)c(C(=O)NC2CCN(CCCC(C)(C)c3ccccc3)CC2)c1. The van der Waals surface area contributed by atoms with E-state index in [2.05, 4.69) is 78.7 Å². The molecule has 3 aromatic rings. The lowest BCUT2D eigenvalue weighted by molar-refractivity contribution is 0.0910. The van der Waals surface area contributed by atoms with Crippen molar-refractivity contribution in [2.45, 2.75) is 57.9 Å². The van der Waals surface area contributed by atoms with Crippen LogP contribution in [0, 0.1) is 6.92 Å². The van der Waals surface area contributed by atoms with Gasteiger partial charge in [0.25, 0.3) is 5.91 Å². The molecule has 1 fully saturated rings. The monoisotopic (exact) mass is 454 g/mol. The second-order valence-electron chi connectivity index (χ2n) is 10.4. The van der Waals surface area contributed by atoms with E-state index in [0.717, 1.165) is 54.7 Å². The molecule has 0 spiro atoms. The third-order valence-electron chi connectivity index (χ3n) is 7.26. The molecule has 34 heavy (non-hydrogen) atoms. The van der Waals surface area contributed by atoms with Crippen LogP contribution >= 0.6 is 0 Å². The van der Waals surface area contributed by atoms with Crippen molar-refractivity contribution in [2.75, 3.05) is 19.6 Å². The van der Waals surface area contributed by atoms with E-state index in [9.17, 15) is 4.79 Å². The highest BCUT2D eigenvalue weighted by atomic mass is 16.1. The lowest BCUT2D eigenvalue weighted by atomic mass is 9.80. The van der Waals surface area contributed by atoms with E-state index in [4.69, 9.17) is 0 Å². The molecule has 1 heterocycles.